The number of anilines is 2. The number of hydrogen-bond donors (Lipinski definition) is 3. The quantitative estimate of drug-likeness (QED) is 0.399. The van der Waals surface area contributed by atoms with Gasteiger partial charge in [-0.3, -0.25) is 4.98 Å². The Labute approximate surface area is 154 Å². The second-order valence-electron chi connectivity index (χ2n) is 2.86. The van der Waals surface area contributed by atoms with Crippen molar-refractivity contribution in [1.82, 2.24) is 19.9 Å². The fraction of sp³-hybridized carbons (Fsp3) is 0. The zero-order chi connectivity index (χ0) is 16.4. The summed E-state index contributed by atoms with van der Waals surface area (Å²) in [5.74, 6) is 0.630. The third-order valence-electron chi connectivity index (χ3n) is 1.42. The Hall–Kier alpha value is -0.485. The van der Waals surface area contributed by atoms with E-state index >= 15 is 0 Å². The monoisotopic (exact) mass is 472 g/mol. The number of nitrogens with two attached hydrogens (primary N) is 2. The van der Waals surface area contributed by atoms with Crippen molar-refractivity contribution in [1.29, 1.82) is 0 Å². The van der Waals surface area contributed by atoms with Crippen molar-refractivity contribution in [2.24, 2.45) is 4.30 Å². The van der Waals surface area contributed by atoms with Gasteiger partial charge in [-0.15, -0.1) is 0 Å². The maximum atomic E-state index is 5.56. The summed E-state index contributed by atoms with van der Waals surface area (Å²) in [6, 6.07) is 0. The fourth-order valence-corrected chi connectivity index (χ4v) is 1.80. The van der Waals surface area contributed by atoms with Crippen LogP contribution in [0.25, 0.3) is 0 Å². The van der Waals surface area contributed by atoms with Crippen molar-refractivity contribution >= 4 is 87.2 Å². The van der Waals surface area contributed by atoms with Gasteiger partial charge in [0.15, 0.2) is 11.0 Å². The summed E-state index contributed by atoms with van der Waals surface area (Å²) < 4.78 is 3.67. The van der Waals surface area contributed by atoms with Crippen molar-refractivity contribution in [3.63, 3.8) is 0 Å². The molecule has 0 aromatic carbocycles. The van der Waals surface area contributed by atoms with Gasteiger partial charge in [0.1, 0.15) is 20.2 Å². The predicted octanol–water partition coefficient (Wildman–Crippen LogP) is 3.13. The molecule has 4 N–H and O–H groups in total. The van der Waals surface area contributed by atoms with Crippen molar-refractivity contribution in [3.8, 4) is 0 Å². The molecule has 2 rings (SSSR count). The number of nitrogen functional groups attached to an aromatic ring is 2. The van der Waals surface area contributed by atoms with Crippen LogP contribution in [0.2, 0.25) is 10.3 Å². The molecule has 21 heavy (non-hydrogen) atoms. The van der Waals surface area contributed by atoms with E-state index in [1.165, 1.54) is 12.4 Å². The van der Waals surface area contributed by atoms with E-state index in [1.807, 2.05) is 0 Å². The van der Waals surface area contributed by atoms with Gasteiger partial charge in [-0.2, -0.15) is 0 Å². The van der Waals surface area contributed by atoms with E-state index in [2.05, 4.69) is 76.5 Å². The second-order valence-corrected chi connectivity index (χ2v) is 5.34. The molecule has 7 nitrogen and oxygen atoms in total. The molecule has 0 fully saturated rings. The summed E-state index contributed by atoms with van der Waals surface area (Å²) in [6.07, 6.45) is 2.86. The maximum absolute atomic E-state index is 5.56. The summed E-state index contributed by atoms with van der Waals surface area (Å²) in [4.78, 5) is 15.0. The van der Waals surface area contributed by atoms with Gasteiger partial charge in [0, 0.05) is 0 Å². The van der Waals surface area contributed by atoms with Crippen LogP contribution in [-0.2, 0) is 0 Å². The van der Waals surface area contributed by atoms with Gasteiger partial charge in [0.2, 0.25) is 0 Å². The minimum absolute atomic E-state index is 0.265. The molecule has 2 heterocycles. The zero-order valence-corrected chi connectivity index (χ0v) is 15.7. The Kier molecular flexibility index (Phi) is 10.9. The van der Waals surface area contributed by atoms with Gasteiger partial charge in [-0.1, -0.05) is 23.2 Å². The van der Waals surface area contributed by atoms with E-state index < -0.39 is 0 Å². The first-order valence-corrected chi connectivity index (χ1v) is 7.47. The standard InChI is InChI=1S/C4H2Br2ClN3.C4H4ClN3.BHNS/c5-1-3(7)10-4(8)2(6)9-1;5-3-1-7-2-4(6)8-3;1-2-3/h(H2,8,10);1-2H,(H2,6,8);3H. The van der Waals surface area contributed by atoms with Crippen LogP contribution in [0.15, 0.2) is 25.9 Å². The molecule has 0 spiro atoms. The average molecular weight is 475 g/mol. The summed E-state index contributed by atoms with van der Waals surface area (Å²) in [5.41, 5.74) is 10.6. The van der Waals surface area contributed by atoms with E-state index in [9.17, 15) is 0 Å². The van der Waals surface area contributed by atoms with E-state index in [-0.39, 0.29) is 11.0 Å². The molecule has 2 aromatic heterocycles. The number of hydrogen-bond acceptors (Lipinski definition) is 8. The molecule has 2 aromatic rings. The Bertz CT molecular complexity index is 539. The zero-order valence-electron chi connectivity index (χ0n) is 10.1. The molecular weight excluding hydrogens is 468 g/mol. The van der Waals surface area contributed by atoms with Crippen molar-refractivity contribution in [2.75, 3.05) is 11.5 Å². The average Bonchev–Trinajstić information content (AvgIpc) is 2.38. The molecule has 0 unspecified atom stereocenters. The Morgan fingerprint density at radius 2 is 1.67 bits per heavy atom. The van der Waals surface area contributed by atoms with Gasteiger partial charge in [-0.05, 0) is 31.9 Å². The first kappa shape index (κ1) is 20.5. The fourth-order valence-electron chi connectivity index (χ4n) is 0.744. The van der Waals surface area contributed by atoms with Crippen LogP contribution in [0, 0.1) is 0 Å². The number of rotatable bonds is 0. The Balaban J connectivity index is 0.000000327. The summed E-state index contributed by atoms with van der Waals surface area (Å²) >= 11 is 20.3. The molecule has 0 aliphatic rings. The van der Waals surface area contributed by atoms with Crippen molar-refractivity contribution in [2.45, 2.75) is 0 Å². The molecule has 0 atom stereocenters. The van der Waals surface area contributed by atoms with E-state index in [4.69, 9.17) is 34.7 Å². The summed E-state index contributed by atoms with van der Waals surface area (Å²) in [5, 5.41) is 0.589. The predicted molar refractivity (Wildman–Crippen MR) is 95.5 cm³/mol. The Morgan fingerprint density at radius 1 is 1.10 bits per heavy atom. The molecule has 0 saturated carbocycles. The van der Waals surface area contributed by atoms with Gasteiger partial charge < -0.3 is 11.5 Å². The summed E-state index contributed by atoms with van der Waals surface area (Å²) in [6.45, 7) is 0. The SMILES string of the molecule is Nc1cncc(Cl)n1.Nc1nc(Cl)c(Br)nc1Br.[B]=NS. The van der Waals surface area contributed by atoms with Crippen molar-refractivity contribution in [3.05, 3.63) is 31.9 Å². The summed E-state index contributed by atoms with van der Waals surface area (Å²) in [7, 11) is 4.34. The van der Waals surface area contributed by atoms with Gasteiger partial charge in [-0.25, -0.2) is 15.0 Å². The third kappa shape index (κ3) is 9.20. The van der Waals surface area contributed by atoms with Crippen LogP contribution in [-0.4, -0.2) is 27.6 Å². The van der Waals surface area contributed by atoms with Crippen LogP contribution >= 0.6 is 67.9 Å². The van der Waals surface area contributed by atoms with Gasteiger partial charge >= 0.3 is 24.8 Å². The van der Waals surface area contributed by atoms with E-state index in [0.717, 1.165) is 0 Å². The van der Waals surface area contributed by atoms with Crippen LogP contribution in [0.1, 0.15) is 0 Å². The normalized spacial score (nSPS) is 8.76. The Morgan fingerprint density at radius 3 is 2.05 bits per heavy atom. The van der Waals surface area contributed by atoms with Crippen LogP contribution in [0.3, 0.4) is 0 Å². The molecule has 111 valence electrons. The molecule has 0 aliphatic carbocycles. The van der Waals surface area contributed by atoms with Crippen LogP contribution in [0.5, 0.6) is 0 Å². The van der Waals surface area contributed by atoms with E-state index in [1.54, 1.807) is 0 Å². The number of thiol groups is 1. The molecule has 0 bridgehead atoms. The van der Waals surface area contributed by atoms with Crippen LogP contribution in [0.4, 0.5) is 11.6 Å². The second kappa shape index (κ2) is 11.1. The van der Waals surface area contributed by atoms with Gasteiger partial charge in [0.25, 0.3) is 0 Å². The third-order valence-corrected chi connectivity index (χ3v) is 3.23. The number of nitrogens with zero attached hydrogens (tertiary/aromatic N) is 5. The molecule has 13 heteroatoms. The topological polar surface area (TPSA) is 116 Å². The molecule has 0 aliphatic heterocycles. The molecular formula is C8H7BBr2Cl2N7S. The number of halogens is 4. The first-order chi connectivity index (χ1) is 9.81. The van der Waals surface area contributed by atoms with Gasteiger partial charge in [0.05, 0.1) is 12.4 Å². The molecule has 1 radical (unpaired) electrons. The number of aromatic nitrogens is 4. The first-order valence-electron chi connectivity index (χ1n) is 4.73. The molecule has 0 amide bonds. The molecule has 0 saturated heterocycles. The van der Waals surface area contributed by atoms with Crippen LogP contribution < -0.4 is 11.5 Å². The minimum atomic E-state index is 0.265. The van der Waals surface area contributed by atoms with Crippen molar-refractivity contribution < 1.29 is 0 Å². The van der Waals surface area contributed by atoms with E-state index in [0.29, 0.717) is 20.2 Å².